The van der Waals surface area contributed by atoms with Gasteiger partial charge in [-0.2, -0.15) is 0 Å². The van der Waals surface area contributed by atoms with E-state index in [9.17, 15) is 19.1 Å². The SMILES string of the molecule is CCN(CC)CCCS(=O)(=NC(=O)OCc1ccccc1)c1ccc([N+](=O)[O-])cc1. The summed E-state index contributed by atoms with van der Waals surface area (Å²) in [6, 6.07) is 14.5. The van der Waals surface area contributed by atoms with Crippen LogP contribution in [0.2, 0.25) is 0 Å². The molecule has 0 fully saturated rings. The van der Waals surface area contributed by atoms with Crippen LogP contribution in [0.1, 0.15) is 25.8 Å². The van der Waals surface area contributed by atoms with E-state index in [1.807, 2.05) is 44.2 Å². The Bertz CT molecular complexity index is 950. The van der Waals surface area contributed by atoms with Crippen molar-refractivity contribution in [1.82, 2.24) is 4.90 Å². The Hall–Kier alpha value is -2.78. The molecule has 0 spiro atoms. The second-order valence-electron chi connectivity index (χ2n) is 6.61. The van der Waals surface area contributed by atoms with Gasteiger partial charge in [0.2, 0.25) is 0 Å². The highest BCUT2D eigenvalue weighted by Crippen LogP contribution is 2.20. The Kier molecular flexibility index (Phi) is 8.94. The minimum atomic E-state index is -3.12. The topological polar surface area (TPSA) is 102 Å². The predicted molar refractivity (Wildman–Crippen MR) is 116 cm³/mol. The smallest absolute Gasteiger partial charge is 0.442 e. The third kappa shape index (κ3) is 6.93. The zero-order chi connectivity index (χ0) is 22.0. The number of ether oxygens (including phenoxy) is 1. The van der Waals surface area contributed by atoms with Gasteiger partial charge in [-0.05, 0) is 43.8 Å². The highest BCUT2D eigenvalue weighted by Gasteiger charge is 2.18. The highest BCUT2D eigenvalue weighted by atomic mass is 32.2. The summed E-state index contributed by atoms with van der Waals surface area (Å²) in [5.41, 5.74) is 0.680. The largest absolute Gasteiger partial charge is 0.443 e. The van der Waals surface area contributed by atoms with Crippen LogP contribution >= 0.6 is 0 Å². The normalized spacial score (nSPS) is 12.9. The number of hydrogen-bond acceptors (Lipinski definition) is 6. The molecule has 2 rings (SSSR count). The summed E-state index contributed by atoms with van der Waals surface area (Å²) < 4.78 is 22.7. The van der Waals surface area contributed by atoms with E-state index in [0.29, 0.717) is 13.0 Å². The first-order valence-electron chi connectivity index (χ1n) is 9.80. The van der Waals surface area contributed by atoms with Crippen LogP contribution in [0.25, 0.3) is 0 Å². The minimum absolute atomic E-state index is 0.0262. The van der Waals surface area contributed by atoms with Gasteiger partial charge in [0.1, 0.15) is 6.61 Å². The molecule has 1 amide bonds. The van der Waals surface area contributed by atoms with Gasteiger partial charge in [-0.3, -0.25) is 10.1 Å². The van der Waals surface area contributed by atoms with E-state index in [2.05, 4.69) is 9.26 Å². The second kappa shape index (κ2) is 11.4. The van der Waals surface area contributed by atoms with Crippen LogP contribution in [0.15, 0.2) is 63.9 Å². The molecule has 0 bridgehead atoms. The van der Waals surface area contributed by atoms with Crippen LogP contribution in [-0.2, 0) is 21.1 Å². The maximum Gasteiger partial charge on any atom is 0.442 e. The first kappa shape index (κ1) is 23.5. The average molecular weight is 434 g/mol. The second-order valence-corrected chi connectivity index (χ2v) is 8.95. The molecule has 2 aromatic rings. The van der Waals surface area contributed by atoms with Gasteiger partial charge < -0.3 is 9.64 Å². The fraction of sp³-hybridized carbons (Fsp3) is 0.381. The number of carbonyl (C=O) groups excluding carboxylic acids is 1. The van der Waals surface area contributed by atoms with Crippen LogP contribution in [-0.4, -0.2) is 45.5 Å². The number of carbonyl (C=O) groups is 1. The zero-order valence-corrected chi connectivity index (χ0v) is 18.0. The number of benzene rings is 2. The Balaban J connectivity index is 2.22. The van der Waals surface area contributed by atoms with Gasteiger partial charge in [-0.15, -0.1) is 4.36 Å². The molecule has 8 nitrogen and oxygen atoms in total. The number of hydrogen-bond donors (Lipinski definition) is 0. The van der Waals surface area contributed by atoms with Gasteiger partial charge in [0.15, 0.2) is 0 Å². The van der Waals surface area contributed by atoms with Crippen LogP contribution in [0, 0.1) is 10.1 Å². The zero-order valence-electron chi connectivity index (χ0n) is 17.2. The van der Waals surface area contributed by atoms with E-state index < -0.39 is 20.7 Å². The first-order valence-corrected chi connectivity index (χ1v) is 11.5. The highest BCUT2D eigenvalue weighted by molar-refractivity contribution is 7.94. The maximum absolute atomic E-state index is 13.6. The van der Waals surface area contributed by atoms with Gasteiger partial charge in [0, 0.05) is 22.8 Å². The third-order valence-electron chi connectivity index (χ3n) is 4.63. The molecule has 1 atom stereocenters. The lowest BCUT2D eigenvalue weighted by molar-refractivity contribution is -0.384. The summed E-state index contributed by atoms with van der Waals surface area (Å²) >= 11 is 0. The molecule has 0 aliphatic carbocycles. The number of nitrogens with zero attached hydrogens (tertiary/aromatic N) is 3. The molecule has 0 aromatic heterocycles. The van der Waals surface area contributed by atoms with Gasteiger partial charge in [-0.1, -0.05) is 44.2 Å². The van der Waals surface area contributed by atoms with Gasteiger partial charge >= 0.3 is 6.09 Å². The summed E-state index contributed by atoms with van der Waals surface area (Å²) in [7, 11) is -3.12. The monoisotopic (exact) mass is 433 g/mol. The van der Waals surface area contributed by atoms with Crippen molar-refractivity contribution in [3.8, 4) is 0 Å². The molecular formula is C21H27N3O5S. The van der Waals surface area contributed by atoms with Crippen molar-refractivity contribution in [3.05, 3.63) is 70.3 Å². The van der Waals surface area contributed by atoms with E-state index in [1.54, 1.807) is 0 Å². The van der Waals surface area contributed by atoms with E-state index >= 15 is 0 Å². The van der Waals surface area contributed by atoms with E-state index in [0.717, 1.165) is 18.7 Å². The average Bonchev–Trinajstić information content (AvgIpc) is 2.76. The van der Waals surface area contributed by atoms with E-state index in [1.165, 1.54) is 24.3 Å². The lowest BCUT2D eigenvalue weighted by Gasteiger charge is -2.18. The molecule has 0 saturated carbocycles. The van der Waals surface area contributed by atoms with Crippen molar-refractivity contribution >= 4 is 21.5 Å². The Labute approximate surface area is 177 Å². The molecule has 0 aliphatic rings. The van der Waals surface area contributed by atoms with Crippen LogP contribution < -0.4 is 0 Å². The third-order valence-corrected chi connectivity index (χ3v) is 6.93. The standard InChI is InChI=1S/C21H27N3O5S/c1-3-23(4-2)15-8-16-30(28,20-13-11-19(12-14-20)24(26)27)22-21(25)29-17-18-9-6-5-7-10-18/h5-7,9-14H,3-4,8,15-17H2,1-2H3. The molecule has 0 N–H and O–H groups in total. The summed E-state index contributed by atoms with van der Waals surface area (Å²) in [5.74, 6) is 0.155. The Morgan fingerprint density at radius 3 is 2.30 bits per heavy atom. The molecule has 30 heavy (non-hydrogen) atoms. The minimum Gasteiger partial charge on any atom is -0.443 e. The molecule has 9 heteroatoms. The van der Waals surface area contributed by atoms with E-state index in [4.69, 9.17) is 4.74 Å². The molecule has 1 unspecified atom stereocenters. The van der Waals surface area contributed by atoms with Gasteiger partial charge in [0.25, 0.3) is 5.69 Å². The van der Waals surface area contributed by atoms with Crippen LogP contribution in [0.5, 0.6) is 0 Å². The summed E-state index contributed by atoms with van der Waals surface area (Å²) in [5, 5.41) is 10.9. The molecule has 0 saturated heterocycles. The molecule has 0 heterocycles. The van der Waals surface area contributed by atoms with Crippen molar-refractivity contribution in [2.24, 2.45) is 4.36 Å². The van der Waals surface area contributed by atoms with Crippen molar-refractivity contribution in [1.29, 1.82) is 0 Å². The van der Waals surface area contributed by atoms with Crippen molar-refractivity contribution in [2.75, 3.05) is 25.4 Å². The summed E-state index contributed by atoms with van der Waals surface area (Å²) in [6.45, 7) is 6.56. The molecule has 0 aliphatic heterocycles. The van der Waals surface area contributed by atoms with Crippen molar-refractivity contribution in [3.63, 3.8) is 0 Å². The van der Waals surface area contributed by atoms with Gasteiger partial charge in [0.05, 0.1) is 14.7 Å². The quantitative estimate of drug-likeness (QED) is 0.404. The predicted octanol–water partition coefficient (Wildman–Crippen LogP) is 4.49. The maximum atomic E-state index is 13.6. The first-order chi connectivity index (χ1) is 14.4. The fourth-order valence-corrected chi connectivity index (χ4v) is 4.69. The van der Waals surface area contributed by atoms with Crippen LogP contribution in [0.3, 0.4) is 0 Å². The lowest BCUT2D eigenvalue weighted by atomic mass is 10.2. The summed E-state index contributed by atoms with van der Waals surface area (Å²) in [6.07, 6.45) is -0.350. The molecule has 0 radical (unpaired) electrons. The van der Waals surface area contributed by atoms with Crippen molar-refractivity contribution < 1.29 is 18.7 Å². The Morgan fingerprint density at radius 2 is 1.73 bits per heavy atom. The summed E-state index contributed by atoms with van der Waals surface area (Å²) in [4.78, 5) is 25.1. The van der Waals surface area contributed by atoms with Crippen LogP contribution in [0.4, 0.5) is 10.5 Å². The number of amides is 1. The number of nitro benzene ring substituents is 1. The molecule has 2 aromatic carbocycles. The number of non-ortho nitro benzene ring substituents is 1. The fourth-order valence-electron chi connectivity index (χ4n) is 2.89. The van der Waals surface area contributed by atoms with Crippen molar-refractivity contribution in [2.45, 2.75) is 31.8 Å². The van der Waals surface area contributed by atoms with Gasteiger partial charge in [-0.25, -0.2) is 9.00 Å². The lowest BCUT2D eigenvalue weighted by Crippen LogP contribution is -2.25. The number of nitro groups is 1. The Morgan fingerprint density at radius 1 is 1.10 bits per heavy atom. The molecular weight excluding hydrogens is 406 g/mol. The molecule has 162 valence electrons. The number of rotatable bonds is 10. The van der Waals surface area contributed by atoms with E-state index in [-0.39, 0.29) is 22.9 Å².